The van der Waals surface area contributed by atoms with Crippen molar-refractivity contribution in [3.8, 4) is 11.1 Å². The molecule has 1 aliphatic rings. The third-order valence-electron chi connectivity index (χ3n) is 5.81. The summed E-state index contributed by atoms with van der Waals surface area (Å²) in [5, 5.41) is 13.8. The maximum atomic E-state index is 11.3. The van der Waals surface area contributed by atoms with E-state index >= 15 is 0 Å². The van der Waals surface area contributed by atoms with E-state index in [1.165, 1.54) is 38.6 Å². The van der Waals surface area contributed by atoms with Gasteiger partial charge < -0.3 is 5.11 Å². The van der Waals surface area contributed by atoms with E-state index in [1.807, 2.05) is 6.07 Å². The van der Waals surface area contributed by atoms with Crippen molar-refractivity contribution in [1.82, 2.24) is 0 Å². The van der Waals surface area contributed by atoms with E-state index < -0.39 is 6.10 Å². The minimum Gasteiger partial charge on any atom is -0.392 e. The lowest BCUT2D eigenvalue weighted by Crippen LogP contribution is -2.23. The Bertz CT molecular complexity index is 1090. The molecule has 0 aromatic heterocycles. The average molecular weight is 350 g/mol. The van der Waals surface area contributed by atoms with Crippen LogP contribution in [0.15, 0.2) is 91.0 Å². The number of aliphatic hydroxyl groups is 1. The molecule has 27 heavy (non-hydrogen) atoms. The fraction of sp³-hybridized carbons (Fsp3) is 0.154. The fourth-order valence-corrected chi connectivity index (χ4v) is 4.58. The first kappa shape index (κ1) is 16.3. The van der Waals surface area contributed by atoms with Gasteiger partial charge in [-0.1, -0.05) is 91.0 Å². The van der Waals surface area contributed by atoms with Gasteiger partial charge >= 0.3 is 0 Å². The Morgan fingerprint density at radius 1 is 0.667 bits per heavy atom. The summed E-state index contributed by atoms with van der Waals surface area (Å²) < 4.78 is 0. The molecule has 4 aromatic rings. The van der Waals surface area contributed by atoms with Gasteiger partial charge in [0.15, 0.2) is 0 Å². The third-order valence-corrected chi connectivity index (χ3v) is 5.81. The molecule has 0 amide bonds. The van der Waals surface area contributed by atoms with Gasteiger partial charge in [0.2, 0.25) is 0 Å². The average Bonchev–Trinajstić information content (AvgIpc) is 2.73. The van der Waals surface area contributed by atoms with Gasteiger partial charge in [0.1, 0.15) is 0 Å². The Balaban J connectivity index is 1.60. The maximum absolute atomic E-state index is 11.3. The van der Waals surface area contributed by atoms with Crippen LogP contribution in [0.3, 0.4) is 0 Å². The highest BCUT2D eigenvalue weighted by Crippen LogP contribution is 2.47. The quantitative estimate of drug-likeness (QED) is 0.482. The Kier molecular flexibility index (Phi) is 4.03. The standard InChI is InChI=1S/C26H22O/c27-24(17-16-18-8-2-1-3-9-18)26-22-13-5-4-12-20(22)21-14-6-10-19-11-7-15-23(26)25(19)21/h1-15,24,26-27H,16-17H2. The molecule has 2 unspecified atom stereocenters. The first-order valence-electron chi connectivity index (χ1n) is 9.66. The molecular formula is C26H22O. The lowest BCUT2D eigenvalue weighted by Gasteiger charge is -2.32. The molecule has 0 fully saturated rings. The lowest BCUT2D eigenvalue weighted by atomic mass is 9.74. The number of hydrogen-bond acceptors (Lipinski definition) is 1. The Morgan fingerprint density at radius 3 is 2.19 bits per heavy atom. The van der Waals surface area contributed by atoms with E-state index in [9.17, 15) is 5.11 Å². The Morgan fingerprint density at radius 2 is 1.33 bits per heavy atom. The van der Waals surface area contributed by atoms with Crippen LogP contribution in [0.2, 0.25) is 0 Å². The molecule has 2 atom stereocenters. The molecule has 1 heteroatoms. The summed E-state index contributed by atoms with van der Waals surface area (Å²) >= 11 is 0. The summed E-state index contributed by atoms with van der Waals surface area (Å²) in [4.78, 5) is 0. The number of hydrogen-bond donors (Lipinski definition) is 1. The number of fused-ring (bicyclic) bond motifs is 2. The summed E-state index contributed by atoms with van der Waals surface area (Å²) in [6.07, 6.45) is 1.23. The Hall–Kier alpha value is -2.90. The van der Waals surface area contributed by atoms with E-state index in [0.29, 0.717) is 0 Å². The van der Waals surface area contributed by atoms with Crippen molar-refractivity contribution in [3.05, 3.63) is 108 Å². The van der Waals surface area contributed by atoms with Crippen molar-refractivity contribution in [1.29, 1.82) is 0 Å². The molecule has 4 aromatic carbocycles. The van der Waals surface area contributed by atoms with E-state index in [-0.39, 0.29) is 5.92 Å². The predicted octanol–water partition coefficient (Wildman–Crippen LogP) is 5.95. The van der Waals surface area contributed by atoms with E-state index in [0.717, 1.165) is 12.8 Å². The first-order valence-corrected chi connectivity index (χ1v) is 9.66. The topological polar surface area (TPSA) is 20.2 Å². The summed E-state index contributed by atoms with van der Waals surface area (Å²) in [5.41, 5.74) is 6.31. The van der Waals surface area contributed by atoms with Crippen LogP contribution < -0.4 is 0 Å². The van der Waals surface area contributed by atoms with Gasteiger partial charge in [0, 0.05) is 5.92 Å². The zero-order valence-corrected chi connectivity index (χ0v) is 15.2. The molecule has 0 aliphatic heterocycles. The van der Waals surface area contributed by atoms with Gasteiger partial charge in [-0.25, -0.2) is 0 Å². The van der Waals surface area contributed by atoms with Crippen LogP contribution in [0.5, 0.6) is 0 Å². The molecule has 1 aliphatic carbocycles. The summed E-state index contributed by atoms with van der Waals surface area (Å²) in [6.45, 7) is 0. The zero-order chi connectivity index (χ0) is 18.2. The number of aliphatic hydroxyl groups excluding tert-OH is 1. The van der Waals surface area contributed by atoms with Crippen LogP contribution in [0.25, 0.3) is 21.9 Å². The summed E-state index contributed by atoms with van der Waals surface area (Å²) in [5.74, 6) is 0.0171. The van der Waals surface area contributed by atoms with Crippen molar-refractivity contribution < 1.29 is 5.11 Å². The molecule has 5 rings (SSSR count). The van der Waals surface area contributed by atoms with E-state index in [2.05, 4.69) is 84.9 Å². The summed E-state index contributed by atoms with van der Waals surface area (Å²) in [6, 6.07) is 32.0. The maximum Gasteiger partial charge on any atom is 0.0652 e. The van der Waals surface area contributed by atoms with Crippen LogP contribution in [0, 0.1) is 0 Å². The minimum absolute atomic E-state index is 0.0171. The van der Waals surface area contributed by atoms with Crippen LogP contribution in [0.4, 0.5) is 0 Å². The normalized spacial score (nSPS) is 16.1. The largest absolute Gasteiger partial charge is 0.392 e. The second kappa shape index (κ2) is 6.68. The second-order valence-corrected chi connectivity index (χ2v) is 7.41. The molecule has 0 bridgehead atoms. The first-order chi connectivity index (χ1) is 13.3. The van der Waals surface area contributed by atoms with Crippen LogP contribution in [-0.2, 0) is 6.42 Å². The zero-order valence-electron chi connectivity index (χ0n) is 15.2. The Labute approximate surface area is 159 Å². The van der Waals surface area contributed by atoms with Crippen molar-refractivity contribution in [3.63, 3.8) is 0 Å². The van der Waals surface area contributed by atoms with Crippen molar-refractivity contribution in [2.24, 2.45) is 0 Å². The lowest BCUT2D eigenvalue weighted by molar-refractivity contribution is 0.147. The predicted molar refractivity (Wildman–Crippen MR) is 112 cm³/mol. The fourth-order valence-electron chi connectivity index (χ4n) is 4.58. The van der Waals surface area contributed by atoms with Gasteiger partial charge in [0.05, 0.1) is 6.10 Å². The van der Waals surface area contributed by atoms with Crippen LogP contribution >= 0.6 is 0 Å². The monoisotopic (exact) mass is 350 g/mol. The van der Waals surface area contributed by atoms with Gasteiger partial charge in [-0.05, 0) is 51.4 Å². The molecule has 0 spiro atoms. The third kappa shape index (κ3) is 2.75. The summed E-state index contributed by atoms with van der Waals surface area (Å²) in [7, 11) is 0. The van der Waals surface area contributed by atoms with Crippen LogP contribution in [0.1, 0.15) is 29.0 Å². The number of aryl methyl sites for hydroxylation is 1. The van der Waals surface area contributed by atoms with Crippen molar-refractivity contribution >= 4 is 10.8 Å². The smallest absolute Gasteiger partial charge is 0.0652 e. The van der Waals surface area contributed by atoms with Crippen molar-refractivity contribution in [2.45, 2.75) is 24.9 Å². The molecule has 0 heterocycles. The van der Waals surface area contributed by atoms with Gasteiger partial charge in [-0.3, -0.25) is 0 Å². The van der Waals surface area contributed by atoms with Gasteiger partial charge in [-0.15, -0.1) is 0 Å². The van der Waals surface area contributed by atoms with Crippen molar-refractivity contribution in [2.75, 3.05) is 0 Å². The molecule has 132 valence electrons. The molecule has 0 saturated heterocycles. The highest BCUT2D eigenvalue weighted by molar-refractivity contribution is 6.02. The molecule has 1 N–H and O–H groups in total. The van der Waals surface area contributed by atoms with E-state index in [1.54, 1.807) is 0 Å². The SMILES string of the molecule is OC(CCc1ccccc1)C1c2ccccc2-c2cccc3cccc1c23. The number of benzene rings is 4. The molecular weight excluding hydrogens is 328 g/mol. The highest BCUT2D eigenvalue weighted by Gasteiger charge is 2.31. The second-order valence-electron chi connectivity index (χ2n) is 7.41. The number of rotatable bonds is 4. The molecule has 0 radical (unpaired) electrons. The molecule has 1 nitrogen and oxygen atoms in total. The van der Waals surface area contributed by atoms with E-state index in [4.69, 9.17) is 0 Å². The highest BCUT2D eigenvalue weighted by atomic mass is 16.3. The van der Waals surface area contributed by atoms with Gasteiger partial charge in [0.25, 0.3) is 0 Å². The van der Waals surface area contributed by atoms with Gasteiger partial charge in [-0.2, -0.15) is 0 Å². The van der Waals surface area contributed by atoms with Crippen LogP contribution in [-0.4, -0.2) is 11.2 Å². The minimum atomic E-state index is -0.412. The molecule has 0 saturated carbocycles.